The van der Waals surface area contributed by atoms with Gasteiger partial charge in [0.05, 0.1) is 12.2 Å². The number of halogens is 2. The maximum atomic E-state index is 13.8. The summed E-state index contributed by atoms with van der Waals surface area (Å²) < 4.78 is 20.1. The molecule has 2 aromatic rings. The molecule has 0 radical (unpaired) electrons. The van der Waals surface area contributed by atoms with Crippen molar-refractivity contribution < 1.29 is 14.2 Å². The van der Waals surface area contributed by atoms with E-state index in [1.54, 1.807) is 18.2 Å². The molecule has 0 saturated carbocycles. The van der Waals surface area contributed by atoms with Crippen LogP contribution in [0.5, 0.6) is 5.75 Å². The molecule has 21 heavy (non-hydrogen) atoms. The lowest BCUT2D eigenvalue weighted by molar-refractivity contribution is 0.175. The minimum absolute atomic E-state index is 0.0707. The first kappa shape index (κ1) is 16.0. The summed E-state index contributed by atoms with van der Waals surface area (Å²) in [7, 11) is 0. The first-order chi connectivity index (χ1) is 9.95. The molecule has 0 aliphatic rings. The third-order valence-corrected chi connectivity index (χ3v) is 3.54. The fourth-order valence-corrected chi connectivity index (χ4v) is 2.41. The molecule has 0 aliphatic heterocycles. The van der Waals surface area contributed by atoms with Gasteiger partial charge >= 0.3 is 0 Å². The second-order valence-corrected chi connectivity index (χ2v) is 6.11. The molecule has 0 fully saturated rings. The average molecular weight is 353 g/mol. The van der Waals surface area contributed by atoms with E-state index in [4.69, 9.17) is 4.74 Å². The largest absolute Gasteiger partial charge is 0.491 e. The first-order valence-corrected chi connectivity index (χ1v) is 7.63. The van der Waals surface area contributed by atoms with Crippen molar-refractivity contribution in [2.24, 2.45) is 0 Å². The Morgan fingerprint density at radius 2 is 1.95 bits per heavy atom. The van der Waals surface area contributed by atoms with Gasteiger partial charge in [-0.25, -0.2) is 4.39 Å². The van der Waals surface area contributed by atoms with Crippen LogP contribution in [0.2, 0.25) is 0 Å². The molecule has 2 rings (SSSR count). The van der Waals surface area contributed by atoms with Gasteiger partial charge in [0, 0.05) is 10.9 Å². The Morgan fingerprint density at radius 3 is 2.62 bits per heavy atom. The lowest BCUT2D eigenvalue weighted by Crippen LogP contribution is -2.07. The SMILES string of the molecule is CC(C)Oc1cccc(C(O)Cc2ccc(Br)cc2F)c1. The van der Waals surface area contributed by atoms with Crippen molar-refractivity contribution in [2.75, 3.05) is 0 Å². The highest BCUT2D eigenvalue weighted by Gasteiger charge is 2.13. The average Bonchev–Trinajstić information content (AvgIpc) is 2.41. The number of rotatable bonds is 5. The van der Waals surface area contributed by atoms with Crippen molar-refractivity contribution in [1.29, 1.82) is 0 Å². The van der Waals surface area contributed by atoms with Crippen LogP contribution in [0.15, 0.2) is 46.9 Å². The second kappa shape index (κ2) is 7.05. The number of ether oxygens (including phenoxy) is 1. The monoisotopic (exact) mass is 352 g/mol. The molecule has 2 nitrogen and oxygen atoms in total. The number of hydrogen-bond donors (Lipinski definition) is 1. The van der Waals surface area contributed by atoms with E-state index in [1.165, 1.54) is 6.07 Å². The quantitative estimate of drug-likeness (QED) is 0.848. The van der Waals surface area contributed by atoms with Gasteiger partial charge in [0.25, 0.3) is 0 Å². The van der Waals surface area contributed by atoms with Crippen LogP contribution in [-0.2, 0) is 6.42 Å². The van der Waals surface area contributed by atoms with Crippen LogP contribution >= 0.6 is 15.9 Å². The molecular formula is C17H18BrFO2. The van der Waals surface area contributed by atoms with Gasteiger partial charge in [0.1, 0.15) is 11.6 Å². The third kappa shape index (κ3) is 4.55. The molecule has 0 heterocycles. The highest BCUT2D eigenvalue weighted by Crippen LogP contribution is 2.25. The summed E-state index contributed by atoms with van der Waals surface area (Å²) in [5.74, 6) is 0.385. The van der Waals surface area contributed by atoms with E-state index in [-0.39, 0.29) is 18.3 Å². The highest BCUT2D eigenvalue weighted by atomic mass is 79.9. The molecule has 0 aliphatic carbocycles. The smallest absolute Gasteiger partial charge is 0.127 e. The van der Waals surface area contributed by atoms with E-state index in [0.29, 0.717) is 15.8 Å². The Bertz CT molecular complexity index is 613. The van der Waals surface area contributed by atoms with Crippen LogP contribution in [-0.4, -0.2) is 11.2 Å². The van der Waals surface area contributed by atoms with E-state index in [2.05, 4.69) is 15.9 Å². The van der Waals surface area contributed by atoms with E-state index in [9.17, 15) is 9.50 Å². The Morgan fingerprint density at radius 1 is 1.19 bits per heavy atom. The lowest BCUT2D eigenvalue weighted by atomic mass is 10.0. The summed E-state index contributed by atoms with van der Waals surface area (Å²) in [5, 5.41) is 10.3. The van der Waals surface area contributed by atoms with Crippen molar-refractivity contribution >= 4 is 15.9 Å². The number of aliphatic hydroxyl groups is 1. The highest BCUT2D eigenvalue weighted by molar-refractivity contribution is 9.10. The Labute approximate surface area is 132 Å². The van der Waals surface area contributed by atoms with Gasteiger partial charge in [0.15, 0.2) is 0 Å². The summed E-state index contributed by atoms with van der Waals surface area (Å²) in [6, 6.07) is 12.1. The fourth-order valence-electron chi connectivity index (χ4n) is 2.08. The number of aliphatic hydroxyl groups excluding tert-OH is 1. The van der Waals surface area contributed by atoms with E-state index < -0.39 is 6.10 Å². The van der Waals surface area contributed by atoms with Crippen LogP contribution in [0.3, 0.4) is 0 Å². The van der Waals surface area contributed by atoms with Gasteiger partial charge in [-0.1, -0.05) is 34.1 Å². The van der Waals surface area contributed by atoms with Crippen LogP contribution < -0.4 is 4.74 Å². The zero-order valence-corrected chi connectivity index (χ0v) is 13.6. The molecule has 0 spiro atoms. The van der Waals surface area contributed by atoms with Crippen molar-refractivity contribution in [2.45, 2.75) is 32.5 Å². The molecule has 0 amide bonds. The van der Waals surface area contributed by atoms with Crippen molar-refractivity contribution in [1.82, 2.24) is 0 Å². The molecule has 1 atom stereocenters. The van der Waals surface area contributed by atoms with Crippen LogP contribution in [0.1, 0.15) is 31.1 Å². The van der Waals surface area contributed by atoms with E-state index in [1.807, 2.05) is 32.0 Å². The topological polar surface area (TPSA) is 29.5 Å². The number of benzene rings is 2. The molecule has 1 unspecified atom stereocenters. The number of hydrogen-bond acceptors (Lipinski definition) is 2. The third-order valence-electron chi connectivity index (χ3n) is 3.04. The second-order valence-electron chi connectivity index (χ2n) is 5.19. The Hall–Kier alpha value is -1.39. The van der Waals surface area contributed by atoms with Crippen molar-refractivity contribution in [3.63, 3.8) is 0 Å². The van der Waals surface area contributed by atoms with Crippen LogP contribution in [0.4, 0.5) is 4.39 Å². The van der Waals surface area contributed by atoms with Gasteiger partial charge in [-0.3, -0.25) is 0 Å². The maximum absolute atomic E-state index is 13.8. The van der Waals surface area contributed by atoms with Crippen LogP contribution in [0.25, 0.3) is 0 Å². The molecule has 0 bridgehead atoms. The van der Waals surface area contributed by atoms with E-state index >= 15 is 0 Å². The van der Waals surface area contributed by atoms with Crippen LogP contribution in [0, 0.1) is 5.82 Å². The summed E-state index contributed by atoms with van der Waals surface area (Å²) in [6.45, 7) is 3.89. The van der Waals surface area contributed by atoms with Crippen molar-refractivity contribution in [3.05, 3.63) is 63.9 Å². The van der Waals surface area contributed by atoms with Gasteiger partial charge < -0.3 is 9.84 Å². The summed E-state index contributed by atoms with van der Waals surface area (Å²) in [6.07, 6.45) is -0.470. The zero-order chi connectivity index (χ0) is 15.4. The molecule has 1 N–H and O–H groups in total. The molecule has 0 aromatic heterocycles. The van der Waals surface area contributed by atoms with Gasteiger partial charge in [-0.15, -0.1) is 0 Å². The standard InChI is InChI=1S/C17H18BrFO2/c1-11(2)21-15-5-3-4-13(8-15)17(20)9-12-6-7-14(18)10-16(12)19/h3-8,10-11,17,20H,9H2,1-2H3. The fraction of sp³-hybridized carbons (Fsp3) is 0.294. The van der Waals surface area contributed by atoms with Gasteiger partial charge in [-0.05, 0) is 49.2 Å². The normalized spacial score (nSPS) is 12.5. The Kier molecular flexibility index (Phi) is 5.37. The predicted molar refractivity (Wildman–Crippen MR) is 85.0 cm³/mol. The minimum Gasteiger partial charge on any atom is -0.491 e. The minimum atomic E-state index is -0.767. The van der Waals surface area contributed by atoms with Crippen molar-refractivity contribution in [3.8, 4) is 5.75 Å². The summed E-state index contributed by atoms with van der Waals surface area (Å²) >= 11 is 3.22. The lowest BCUT2D eigenvalue weighted by Gasteiger charge is -2.15. The summed E-state index contributed by atoms with van der Waals surface area (Å²) in [4.78, 5) is 0. The molecule has 4 heteroatoms. The van der Waals surface area contributed by atoms with Gasteiger partial charge in [0.2, 0.25) is 0 Å². The first-order valence-electron chi connectivity index (χ1n) is 6.84. The predicted octanol–water partition coefficient (Wildman–Crippen LogP) is 4.65. The molecule has 0 saturated heterocycles. The molecular weight excluding hydrogens is 335 g/mol. The zero-order valence-electron chi connectivity index (χ0n) is 12.0. The molecule has 2 aromatic carbocycles. The summed E-state index contributed by atoms with van der Waals surface area (Å²) in [5.41, 5.74) is 1.20. The Balaban J connectivity index is 2.14. The molecule has 112 valence electrons. The van der Waals surface area contributed by atoms with E-state index in [0.717, 1.165) is 5.56 Å². The maximum Gasteiger partial charge on any atom is 0.127 e. The van der Waals surface area contributed by atoms with Gasteiger partial charge in [-0.2, -0.15) is 0 Å².